The third-order valence-corrected chi connectivity index (χ3v) is 4.76. The summed E-state index contributed by atoms with van der Waals surface area (Å²) in [5, 5.41) is 6.21. The highest BCUT2D eigenvalue weighted by Crippen LogP contribution is 2.28. The van der Waals surface area contributed by atoms with Gasteiger partial charge in [0.1, 0.15) is 5.75 Å². The molecule has 0 saturated heterocycles. The number of para-hydroxylation sites is 1. The molecule has 0 radical (unpaired) electrons. The largest absolute Gasteiger partial charge is 0.433 e. The van der Waals surface area contributed by atoms with Crippen molar-refractivity contribution in [3.05, 3.63) is 52.5 Å². The van der Waals surface area contributed by atoms with Crippen LogP contribution in [-0.2, 0) is 6.42 Å². The van der Waals surface area contributed by atoms with Gasteiger partial charge in [-0.1, -0.05) is 23.7 Å². The molecule has 0 atom stereocenters. The number of fused-ring (bicyclic) bond motifs is 1. The third-order valence-electron chi connectivity index (χ3n) is 3.37. The molecule has 0 fully saturated rings. The average molecular weight is 398 g/mol. The number of anilines is 1. The number of alkyl halides is 2. The van der Waals surface area contributed by atoms with Gasteiger partial charge in [-0.05, 0) is 30.3 Å². The molecule has 136 valence electrons. The summed E-state index contributed by atoms with van der Waals surface area (Å²) in [6.45, 7) is -2.55. The monoisotopic (exact) mass is 397 g/mol. The Kier molecular flexibility index (Phi) is 5.85. The van der Waals surface area contributed by atoms with Crippen LogP contribution < -0.4 is 15.4 Å². The summed E-state index contributed by atoms with van der Waals surface area (Å²) in [4.78, 5) is 16.4. The Bertz CT molecular complexity index is 887. The van der Waals surface area contributed by atoms with Crippen LogP contribution in [0.25, 0.3) is 10.2 Å². The number of urea groups is 1. The van der Waals surface area contributed by atoms with Crippen molar-refractivity contribution in [2.24, 2.45) is 0 Å². The van der Waals surface area contributed by atoms with Gasteiger partial charge in [0.05, 0.1) is 20.2 Å². The number of carbonyl (C=O) groups is 1. The van der Waals surface area contributed by atoms with Crippen molar-refractivity contribution in [3.63, 3.8) is 0 Å². The number of hydrogen-bond donors (Lipinski definition) is 2. The fraction of sp³-hybridized carbons (Fsp3) is 0.176. The van der Waals surface area contributed by atoms with Gasteiger partial charge in [0, 0.05) is 18.7 Å². The van der Waals surface area contributed by atoms with Crippen LogP contribution in [0, 0.1) is 0 Å². The molecule has 3 aromatic rings. The molecule has 26 heavy (non-hydrogen) atoms. The summed E-state index contributed by atoms with van der Waals surface area (Å²) in [6.07, 6.45) is 0.606. The molecule has 1 aromatic heterocycles. The summed E-state index contributed by atoms with van der Waals surface area (Å²) in [5.41, 5.74) is 1.31. The smallest absolute Gasteiger partial charge is 0.387 e. The fourth-order valence-electron chi connectivity index (χ4n) is 2.26. The van der Waals surface area contributed by atoms with Crippen molar-refractivity contribution in [3.8, 4) is 5.75 Å². The normalized spacial score (nSPS) is 10.9. The van der Waals surface area contributed by atoms with E-state index in [-0.39, 0.29) is 10.8 Å². The Hall–Kier alpha value is -2.45. The zero-order valence-corrected chi connectivity index (χ0v) is 14.9. The average Bonchev–Trinajstić information content (AvgIpc) is 2.99. The van der Waals surface area contributed by atoms with Gasteiger partial charge in [0.15, 0.2) is 0 Å². The summed E-state index contributed by atoms with van der Waals surface area (Å²) < 4.78 is 29.7. The molecule has 2 aromatic carbocycles. The van der Waals surface area contributed by atoms with E-state index >= 15 is 0 Å². The van der Waals surface area contributed by atoms with E-state index in [1.165, 1.54) is 18.2 Å². The van der Waals surface area contributed by atoms with E-state index in [2.05, 4.69) is 20.4 Å². The summed E-state index contributed by atoms with van der Waals surface area (Å²) in [7, 11) is 0. The van der Waals surface area contributed by atoms with E-state index in [9.17, 15) is 13.6 Å². The van der Waals surface area contributed by atoms with E-state index < -0.39 is 12.6 Å². The Morgan fingerprint density at radius 3 is 2.81 bits per heavy atom. The van der Waals surface area contributed by atoms with Crippen molar-refractivity contribution >= 4 is 44.9 Å². The van der Waals surface area contributed by atoms with Crippen molar-refractivity contribution in [1.82, 2.24) is 10.3 Å². The molecule has 5 nitrogen and oxygen atoms in total. The zero-order valence-electron chi connectivity index (χ0n) is 13.3. The first-order valence-corrected chi connectivity index (χ1v) is 8.84. The second kappa shape index (κ2) is 8.29. The van der Waals surface area contributed by atoms with Gasteiger partial charge >= 0.3 is 12.6 Å². The lowest BCUT2D eigenvalue weighted by atomic mass is 10.3. The number of nitrogens with one attached hydrogen (secondary N) is 2. The van der Waals surface area contributed by atoms with Gasteiger partial charge in [0.25, 0.3) is 0 Å². The predicted molar refractivity (Wildman–Crippen MR) is 98.4 cm³/mol. The minimum absolute atomic E-state index is 0.0161. The van der Waals surface area contributed by atoms with Gasteiger partial charge in [-0.25, -0.2) is 9.78 Å². The molecule has 0 spiro atoms. The number of aromatic nitrogens is 1. The molecular formula is C17H14ClF2N3O2S. The quantitative estimate of drug-likeness (QED) is 0.620. The lowest BCUT2D eigenvalue weighted by Crippen LogP contribution is -2.30. The number of carbonyl (C=O) groups excluding carboxylic acids is 1. The maximum Gasteiger partial charge on any atom is 0.387 e. The van der Waals surface area contributed by atoms with Crippen LogP contribution in [-0.4, -0.2) is 24.2 Å². The topological polar surface area (TPSA) is 63.2 Å². The van der Waals surface area contributed by atoms with Gasteiger partial charge in [-0.15, -0.1) is 11.3 Å². The van der Waals surface area contributed by atoms with Crippen LogP contribution in [0.15, 0.2) is 42.5 Å². The Balaban J connectivity index is 1.50. The van der Waals surface area contributed by atoms with E-state index in [4.69, 9.17) is 11.6 Å². The number of amides is 2. The molecule has 0 unspecified atom stereocenters. The first-order valence-electron chi connectivity index (χ1n) is 7.65. The predicted octanol–water partition coefficient (Wildman–Crippen LogP) is 4.92. The zero-order chi connectivity index (χ0) is 18.5. The molecule has 9 heteroatoms. The number of halogens is 3. The van der Waals surface area contributed by atoms with Crippen LogP contribution in [0.3, 0.4) is 0 Å². The molecule has 1 heterocycles. The third kappa shape index (κ3) is 4.80. The fourth-order valence-corrected chi connectivity index (χ4v) is 3.45. The summed E-state index contributed by atoms with van der Waals surface area (Å²) in [6, 6.07) is 11.4. The lowest BCUT2D eigenvalue weighted by Gasteiger charge is -2.10. The number of benzene rings is 2. The van der Waals surface area contributed by atoms with Crippen LogP contribution >= 0.6 is 22.9 Å². The minimum atomic E-state index is -2.96. The van der Waals surface area contributed by atoms with Gasteiger partial charge in [-0.2, -0.15) is 8.78 Å². The van der Waals surface area contributed by atoms with Gasteiger partial charge in [-0.3, -0.25) is 0 Å². The summed E-state index contributed by atoms with van der Waals surface area (Å²) in [5.74, 6) is -0.150. The molecule has 2 amide bonds. The molecular weight excluding hydrogens is 384 g/mol. The number of nitrogens with zero attached hydrogens (tertiary/aromatic N) is 1. The molecule has 0 aliphatic carbocycles. The molecule has 0 aliphatic heterocycles. The van der Waals surface area contributed by atoms with E-state index in [0.717, 1.165) is 15.2 Å². The van der Waals surface area contributed by atoms with Crippen molar-refractivity contribution in [1.29, 1.82) is 0 Å². The van der Waals surface area contributed by atoms with Crippen LogP contribution in [0.2, 0.25) is 5.02 Å². The highest BCUT2D eigenvalue weighted by Gasteiger charge is 2.10. The first-order chi connectivity index (χ1) is 12.5. The number of hydrogen-bond acceptors (Lipinski definition) is 4. The molecule has 0 bridgehead atoms. The van der Waals surface area contributed by atoms with Gasteiger partial charge < -0.3 is 15.4 Å². The molecule has 0 saturated carbocycles. The van der Waals surface area contributed by atoms with Crippen molar-refractivity contribution in [2.45, 2.75) is 13.0 Å². The molecule has 0 aliphatic rings. The Labute approximate surface area is 156 Å². The molecule has 3 rings (SSSR count). The highest BCUT2D eigenvalue weighted by atomic mass is 35.5. The maximum atomic E-state index is 12.2. The van der Waals surface area contributed by atoms with E-state index in [1.807, 2.05) is 24.3 Å². The van der Waals surface area contributed by atoms with Crippen LogP contribution in [0.5, 0.6) is 5.75 Å². The van der Waals surface area contributed by atoms with E-state index in [1.54, 1.807) is 11.3 Å². The van der Waals surface area contributed by atoms with Crippen LogP contribution in [0.4, 0.5) is 19.3 Å². The van der Waals surface area contributed by atoms with Crippen LogP contribution in [0.1, 0.15) is 5.01 Å². The first kappa shape index (κ1) is 18.3. The number of rotatable bonds is 6. The Morgan fingerprint density at radius 2 is 2.08 bits per heavy atom. The number of thiazole rings is 1. The Morgan fingerprint density at radius 1 is 1.27 bits per heavy atom. The second-order valence-corrected chi connectivity index (χ2v) is 6.75. The second-order valence-electron chi connectivity index (χ2n) is 5.23. The SMILES string of the molecule is O=C(NCCc1nc2ccccc2s1)Nc1ccc(OC(F)F)c(Cl)c1. The molecule has 2 N–H and O–H groups in total. The van der Waals surface area contributed by atoms with E-state index in [0.29, 0.717) is 18.7 Å². The highest BCUT2D eigenvalue weighted by molar-refractivity contribution is 7.18. The lowest BCUT2D eigenvalue weighted by molar-refractivity contribution is -0.0497. The minimum Gasteiger partial charge on any atom is -0.433 e. The number of ether oxygens (including phenoxy) is 1. The standard InChI is InChI=1S/C17H14ClF2N3O2S/c18-11-9-10(5-6-13(11)25-16(19)20)22-17(24)21-8-7-15-23-12-3-1-2-4-14(12)26-15/h1-6,9,16H,7-8H2,(H2,21,22,24). The van der Waals surface area contributed by atoms with Crippen molar-refractivity contribution in [2.75, 3.05) is 11.9 Å². The summed E-state index contributed by atoms with van der Waals surface area (Å²) >= 11 is 7.43. The maximum absolute atomic E-state index is 12.2. The van der Waals surface area contributed by atoms with Gasteiger partial charge in [0.2, 0.25) is 0 Å². The van der Waals surface area contributed by atoms with Crippen molar-refractivity contribution < 1.29 is 18.3 Å².